The number of carboxylic acids is 1. The molecule has 39 heavy (non-hydrogen) atoms. The van der Waals surface area contributed by atoms with Crippen LogP contribution >= 0.6 is 12.4 Å². The number of aliphatic hydroxyl groups is 1. The molecule has 2 N–H and O–H groups in total. The van der Waals surface area contributed by atoms with Gasteiger partial charge in [0.2, 0.25) is 0 Å². The molecule has 0 saturated heterocycles. The van der Waals surface area contributed by atoms with Gasteiger partial charge in [0.05, 0.1) is 36.9 Å². The number of aliphatic carboxylic acids is 1. The highest BCUT2D eigenvalue weighted by Gasteiger charge is 2.36. The number of aryl methyl sites for hydroxylation is 1. The Morgan fingerprint density at radius 2 is 1.92 bits per heavy atom. The van der Waals surface area contributed by atoms with E-state index >= 15 is 0 Å². The number of amides is 1. The number of anilines is 1. The number of carboxylic acid groups (broad SMARTS) is 1. The van der Waals surface area contributed by atoms with Gasteiger partial charge in [-0.2, -0.15) is 0 Å². The van der Waals surface area contributed by atoms with Crippen LogP contribution in [0, 0.1) is 11.7 Å². The Morgan fingerprint density at radius 3 is 2.62 bits per heavy atom. The minimum absolute atomic E-state index is 0. The fourth-order valence-corrected chi connectivity index (χ4v) is 6.05. The van der Waals surface area contributed by atoms with Crippen LogP contribution in [0.3, 0.4) is 0 Å². The molecule has 210 valence electrons. The van der Waals surface area contributed by atoms with E-state index in [0.717, 1.165) is 23.9 Å². The summed E-state index contributed by atoms with van der Waals surface area (Å²) in [5, 5.41) is 21.3. The van der Waals surface area contributed by atoms with E-state index in [1.54, 1.807) is 4.90 Å². The lowest BCUT2D eigenvalue weighted by Crippen LogP contribution is -2.42. The van der Waals surface area contributed by atoms with Gasteiger partial charge in [-0.25, -0.2) is 14.2 Å². The maximum absolute atomic E-state index is 14.3. The summed E-state index contributed by atoms with van der Waals surface area (Å²) in [5.41, 5.74) is 3.15. The Labute approximate surface area is 231 Å². The first kappa shape index (κ1) is 28.6. The number of methoxy groups -OCH3 is 2. The molecule has 1 saturated carbocycles. The number of nitrogens with zero attached hydrogens (tertiary/aromatic N) is 3. The molecule has 4 atom stereocenters. The molecule has 3 aromatic rings. The second kappa shape index (κ2) is 11.4. The van der Waals surface area contributed by atoms with E-state index in [0.29, 0.717) is 42.6 Å². The van der Waals surface area contributed by atoms with Crippen molar-refractivity contribution in [1.29, 1.82) is 0 Å². The molecule has 0 bridgehead atoms. The summed E-state index contributed by atoms with van der Waals surface area (Å²) in [6.07, 6.45) is 2.01. The van der Waals surface area contributed by atoms with E-state index in [1.807, 2.05) is 23.6 Å². The van der Waals surface area contributed by atoms with Crippen molar-refractivity contribution in [2.45, 2.75) is 63.6 Å². The van der Waals surface area contributed by atoms with Crippen LogP contribution in [-0.2, 0) is 16.0 Å². The van der Waals surface area contributed by atoms with E-state index < -0.39 is 29.9 Å². The van der Waals surface area contributed by atoms with E-state index in [9.17, 15) is 24.2 Å². The van der Waals surface area contributed by atoms with Crippen LogP contribution in [0.2, 0.25) is 0 Å². The van der Waals surface area contributed by atoms with Gasteiger partial charge in [-0.1, -0.05) is 6.42 Å². The van der Waals surface area contributed by atoms with Crippen LogP contribution in [0.4, 0.5) is 14.9 Å². The molecule has 1 aliphatic heterocycles. The van der Waals surface area contributed by atoms with Gasteiger partial charge >= 0.3 is 12.1 Å². The highest BCUT2D eigenvalue weighted by molar-refractivity contribution is 5.95. The average molecular weight is 562 g/mol. The molecule has 0 spiro atoms. The zero-order valence-electron chi connectivity index (χ0n) is 22.1. The van der Waals surface area contributed by atoms with E-state index in [1.165, 1.54) is 32.4 Å². The van der Waals surface area contributed by atoms with E-state index in [-0.39, 0.29) is 35.9 Å². The second-order valence-corrected chi connectivity index (χ2v) is 10.1. The van der Waals surface area contributed by atoms with Crippen LogP contribution in [0.5, 0.6) is 5.75 Å². The Morgan fingerprint density at radius 1 is 1.15 bits per heavy atom. The third kappa shape index (κ3) is 5.03. The molecule has 2 aromatic carbocycles. The quantitative estimate of drug-likeness (QED) is 0.428. The summed E-state index contributed by atoms with van der Waals surface area (Å²) in [4.78, 5) is 31.0. The number of rotatable bonds is 5. The summed E-state index contributed by atoms with van der Waals surface area (Å²) in [6, 6.07) is 7.37. The molecule has 2 aliphatic rings. The predicted molar refractivity (Wildman–Crippen MR) is 145 cm³/mol. The lowest BCUT2D eigenvalue weighted by molar-refractivity contribution is -0.143. The molecular formula is C28H33ClFN3O6. The smallest absolute Gasteiger partial charge is 0.414 e. The minimum atomic E-state index is -1.33. The number of hydrogen-bond acceptors (Lipinski definition) is 6. The highest BCUT2D eigenvalue weighted by Crippen LogP contribution is 2.43. The van der Waals surface area contributed by atoms with E-state index in [2.05, 4.69) is 0 Å². The molecule has 2 heterocycles. The SMILES string of the molecule is COC(=O)N1c2ccc3c(nc(C(O)c4cc(F)ccc4OC)n3[C@@H]3CCC[C@@H](C(=O)O)C3)c2CC[C@@H]1C.Cl. The number of benzene rings is 2. The van der Waals surface area contributed by atoms with Crippen molar-refractivity contribution in [3.8, 4) is 5.75 Å². The average Bonchev–Trinajstić information content (AvgIpc) is 3.32. The number of carbonyl (C=O) groups excluding carboxylic acids is 1. The van der Waals surface area contributed by atoms with Crippen molar-refractivity contribution >= 4 is 41.2 Å². The summed E-state index contributed by atoms with van der Waals surface area (Å²) >= 11 is 0. The van der Waals surface area contributed by atoms with Gasteiger partial charge in [-0.3, -0.25) is 9.69 Å². The Kier molecular flexibility index (Phi) is 8.37. The second-order valence-electron chi connectivity index (χ2n) is 10.1. The van der Waals surface area contributed by atoms with Crippen molar-refractivity contribution in [2.24, 2.45) is 5.92 Å². The Bertz CT molecular complexity index is 1400. The van der Waals surface area contributed by atoms with Crippen LogP contribution in [-0.4, -0.2) is 52.1 Å². The number of hydrogen-bond donors (Lipinski definition) is 2. The molecule has 1 aliphatic carbocycles. The molecule has 1 aromatic heterocycles. The van der Waals surface area contributed by atoms with Gasteiger partial charge in [0.25, 0.3) is 0 Å². The minimum Gasteiger partial charge on any atom is -0.496 e. The highest BCUT2D eigenvalue weighted by atomic mass is 35.5. The molecule has 0 radical (unpaired) electrons. The van der Waals surface area contributed by atoms with Gasteiger partial charge in [-0.15, -0.1) is 12.4 Å². The van der Waals surface area contributed by atoms with Gasteiger partial charge in [-0.05, 0) is 69.4 Å². The van der Waals surface area contributed by atoms with Crippen LogP contribution in [0.1, 0.15) is 68.1 Å². The standard InChI is InChI=1S/C28H32FN3O6.ClH/c1-15-7-9-19-21(31(15)28(36)38-3)10-11-22-24(19)30-26(25(33)20-14-17(29)8-12-23(20)37-2)32(22)18-6-4-5-16(13-18)27(34)35;/h8,10-12,14-16,18,25,33H,4-7,9,13H2,1-3H3,(H,34,35);1H/t15-,16+,18+,25?;/m0./s1. The van der Waals surface area contributed by atoms with Gasteiger partial charge in [0.1, 0.15) is 23.5 Å². The zero-order chi connectivity index (χ0) is 27.1. The van der Waals surface area contributed by atoms with Crippen molar-refractivity contribution in [3.63, 3.8) is 0 Å². The first-order valence-electron chi connectivity index (χ1n) is 12.9. The Hall–Kier alpha value is -3.37. The third-order valence-electron chi connectivity index (χ3n) is 7.94. The fraction of sp³-hybridized carbons (Fsp3) is 0.464. The molecule has 1 unspecified atom stereocenters. The van der Waals surface area contributed by atoms with Crippen molar-refractivity contribution in [3.05, 3.63) is 53.1 Å². The summed E-state index contributed by atoms with van der Waals surface area (Å²) in [6.45, 7) is 1.96. The van der Waals surface area contributed by atoms with Gasteiger partial charge < -0.3 is 24.3 Å². The first-order chi connectivity index (χ1) is 18.2. The normalized spacial score (nSPS) is 21.6. The number of ether oxygens (including phenoxy) is 2. The van der Waals surface area contributed by atoms with Crippen LogP contribution in [0.15, 0.2) is 30.3 Å². The predicted octanol–water partition coefficient (Wildman–Crippen LogP) is 5.41. The molecule has 11 heteroatoms. The number of imidazole rings is 1. The maximum atomic E-state index is 14.3. The van der Waals surface area contributed by atoms with Gasteiger partial charge in [0, 0.05) is 23.2 Å². The monoisotopic (exact) mass is 561 g/mol. The Balaban J connectivity index is 0.00000353. The molecule has 5 rings (SSSR count). The largest absolute Gasteiger partial charge is 0.496 e. The van der Waals surface area contributed by atoms with Crippen molar-refractivity contribution in [1.82, 2.24) is 9.55 Å². The van der Waals surface area contributed by atoms with Crippen molar-refractivity contribution in [2.75, 3.05) is 19.1 Å². The maximum Gasteiger partial charge on any atom is 0.414 e. The third-order valence-corrected chi connectivity index (χ3v) is 7.94. The summed E-state index contributed by atoms with van der Waals surface area (Å²) < 4.78 is 26.6. The lowest BCUT2D eigenvalue weighted by Gasteiger charge is -2.34. The lowest BCUT2D eigenvalue weighted by atomic mass is 9.85. The molecule has 9 nitrogen and oxygen atoms in total. The van der Waals surface area contributed by atoms with Crippen LogP contribution in [0.25, 0.3) is 11.0 Å². The topological polar surface area (TPSA) is 114 Å². The fourth-order valence-electron chi connectivity index (χ4n) is 6.05. The molecular weight excluding hydrogens is 529 g/mol. The number of fused-ring (bicyclic) bond motifs is 3. The summed E-state index contributed by atoms with van der Waals surface area (Å²) in [5.74, 6) is -1.26. The van der Waals surface area contributed by atoms with E-state index in [4.69, 9.17) is 14.5 Å². The molecule has 1 amide bonds. The van der Waals surface area contributed by atoms with Crippen molar-refractivity contribution < 1.29 is 33.7 Å². The zero-order valence-corrected chi connectivity index (χ0v) is 22.9. The number of aliphatic hydroxyl groups excluding tert-OH is 1. The molecule has 1 fully saturated rings. The van der Waals surface area contributed by atoms with Gasteiger partial charge in [0.15, 0.2) is 0 Å². The first-order valence-corrected chi connectivity index (χ1v) is 12.9. The summed E-state index contributed by atoms with van der Waals surface area (Å²) in [7, 11) is 2.79. The number of aromatic nitrogens is 2. The number of halogens is 2. The van der Waals surface area contributed by atoms with Crippen LogP contribution < -0.4 is 9.64 Å². The number of carbonyl (C=O) groups is 2.